The predicted molar refractivity (Wildman–Crippen MR) is 74.0 cm³/mol. The quantitative estimate of drug-likeness (QED) is 0.494. The Labute approximate surface area is 113 Å². The van der Waals surface area contributed by atoms with Gasteiger partial charge in [-0.3, -0.25) is 4.79 Å². The molecule has 0 fully saturated rings. The Kier molecular flexibility index (Phi) is 3.02. The van der Waals surface area contributed by atoms with E-state index in [1.807, 2.05) is 24.3 Å². The van der Waals surface area contributed by atoms with Crippen molar-refractivity contribution in [1.82, 2.24) is 10.1 Å². The van der Waals surface area contributed by atoms with Gasteiger partial charge in [-0.2, -0.15) is 0 Å². The first-order valence-electron chi connectivity index (χ1n) is 5.86. The second-order valence-electron chi connectivity index (χ2n) is 4.06. The van der Waals surface area contributed by atoms with E-state index in [1.165, 1.54) is 6.26 Å². The van der Waals surface area contributed by atoms with Crippen molar-refractivity contribution in [3.8, 4) is 0 Å². The molecule has 2 aromatic heterocycles. The van der Waals surface area contributed by atoms with E-state index < -0.39 is 0 Å². The van der Waals surface area contributed by atoms with Crippen molar-refractivity contribution in [3.63, 3.8) is 0 Å². The Bertz CT molecular complexity index is 755. The van der Waals surface area contributed by atoms with Crippen LogP contribution in [0.4, 0.5) is 11.6 Å². The standard InChI is InChI=1S/C13H11N5O2/c14-17-12-7-9(8-3-1-2-4-10(8)15-12)13(19)16-11-5-6-20-18-11/h1-7H,14H2,(H,15,17)(H,16,18,19). The number of carbonyl (C=O) groups excluding carboxylic acids is 1. The third-order valence-electron chi connectivity index (χ3n) is 2.79. The monoisotopic (exact) mass is 269 g/mol. The lowest BCUT2D eigenvalue weighted by Crippen LogP contribution is -2.15. The van der Waals surface area contributed by atoms with E-state index in [4.69, 9.17) is 5.84 Å². The summed E-state index contributed by atoms with van der Waals surface area (Å²) in [5, 5.41) is 7.01. The fourth-order valence-electron chi connectivity index (χ4n) is 1.90. The van der Waals surface area contributed by atoms with Gasteiger partial charge in [-0.1, -0.05) is 23.4 Å². The van der Waals surface area contributed by atoms with Gasteiger partial charge in [-0.05, 0) is 12.1 Å². The zero-order valence-corrected chi connectivity index (χ0v) is 10.3. The van der Waals surface area contributed by atoms with Crippen molar-refractivity contribution in [2.24, 2.45) is 5.84 Å². The van der Waals surface area contributed by atoms with Crippen molar-refractivity contribution in [2.45, 2.75) is 0 Å². The van der Waals surface area contributed by atoms with Gasteiger partial charge in [-0.25, -0.2) is 10.8 Å². The molecule has 3 aromatic rings. The molecule has 1 amide bonds. The van der Waals surface area contributed by atoms with Crippen molar-refractivity contribution >= 4 is 28.4 Å². The highest BCUT2D eigenvalue weighted by Crippen LogP contribution is 2.21. The molecule has 7 heteroatoms. The van der Waals surface area contributed by atoms with Crippen LogP contribution in [-0.2, 0) is 0 Å². The summed E-state index contributed by atoms with van der Waals surface area (Å²) < 4.78 is 4.67. The number of hydrogen-bond donors (Lipinski definition) is 3. The lowest BCUT2D eigenvalue weighted by atomic mass is 10.1. The van der Waals surface area contributed by atoms with Gasteiger partial charge in [0.2, 0.25) is 0 Å². The van der Waals surface area contributed by atoms with Crippen molar-refractivity contribution in [3.05, 3.63) is 48.2 Å². The summed E-state index contributed by atoms with van der Waals surface area (Å²) in [5.74, 6) is 5.82. The fourth-order valence-corrected chi connectivity index (χ4v) is 1.90. The molecule has 2 heterocycles. The van der Waals surface area contributed by atoms with Crippen LogP contribution in [0.3, 0.4) is 0 Å². The van der Waals surface area contributed by atoms with E-state index in [-0.39, 0.29) is 5.91 Å². The van der Waals surface area contributed by atoms with E-state index in [2.05, 4.69) is 25.4 Å². The minimum atomic E-state index is -0.311. The minimum Gasteiger partial charge on any atom is -0.363 e. The van der Waals surface area contributed by atoms with Crippen LogP contribution in [0.5, 0.6) is 0 Å². The summed E-state index contributed by atoms with van der Waals surface area (Å²) >= 11 is 0. The number of nitrogens with zero attached hydrogens (tertiary/aromatic N) is 2. The first-order valence-corrected chi connectivity index (χ1v) is 5.86. The molecule has 100 valence electrons. The van der Waals surface area contributed by atoms with Gasteiger partial charge >= 0.3 is 0 Å². The zero-order valence-electron chi connectivity index (χ0n) is 10.3. The molecule has 0 bridgehead atoms. The number of hydrogen-bond acceptors (Lipinski definition) is 6. The number of para-hydroxylation sites is 1. The normalized spacial score (nSPS) is 10.4. The zero-order chi connectivity index (χ0) is 13.9. The van der Waals surface area contributed by atoms with Gasteiger partial charge in [0.05, 0.1) is 11.1 Å². The summed E-state index contributed by atoms with van der Waals surface area (Å²) in [5.41, 5.74) is 3.57. The van der Waals surface area contributed by atoms with Crippen LogP contribution in [0.25, 0.3) is 10.9 Å². The number of nitrogens with one attached hydrogen (secondary N) is 2. The Hall–Kier alpha value is -2.93. The number of benzene rings is 1. The molecule has 0 saturated heterocycles. The molecule has 0 unspecified atom stereocenters. The third kappa shape index (κ3) is 2.17. The maximum atomic E-state index is 12.3. The second kappa shape index (κ2) is 4.98. The lowest BCUT2D eigenvalue weighted by Gasteiger charge is -2.08. The number of carbonyl (C=O) groups is 1. The number of nitrogens with two attached hydrogens (primary N) is 1. The number of aromatic nitrogens is 2. The lowest BCUT2D eigenvalue weighted by molar-refractivity contribution is 0.102. The molecule has 0 aliphatic heterocycles. The van der Waals surface area contributed by atoms with Gasteiger partial charge < -0.3 is 15.3 Å². The van der Waals surface area contributed by atoms with Crippen molar-refractivity contribution in [2.75, 3.05) is 10.7 Å². The summed E-state index contributed by atoms with van der Waals surface area (Å²) in [7, 11) is 0. The summed E-state index contributed by atoms with van der Waals surface area (Å²) in [6.45, 7) is 0. The molecule has 0 aliphatic carbocycles. The molecule has 0 atom stereocenters. The Morgan fingerprint density at radius 3 is 2.80 bits per heavy atom. The maximum absolute atomic E-state index is 12.3. The van der Waals surface area contributed by atoms with Gasteiger partial charge in [0.1, 0.15) is 12.1 Å². The number of rotatable bonds is 3. The molecular weight excluding hydrogens is 258 g/mol. The molecule has 7 nitrogen and oxygen atoms in total. The Balaban J connectivity index is 2.07. The molecule has 0 saturated carbocycles. The maximum Gasteiger partial charge on any atom is 0.257 e. The number of fused-ring (bicyclic) bond motifs is 1. The molecule has 0 aliphatic rings. The first-order chi connectivity index (χ1) is 9.78. The first kappa shape index (κ1) is 12.1. The van der Waals surface area contributed by atoms with Gasteiger partial charge in [-0.15, -0.1) is 0 Å². The third-order valence-corrected chi connectivity index (χ3v) is 2.79. The van der Waals surface area contributed by atoms with E-state index in [0.717, 1.165) is 5.39 Å². The molecular formula is C13H11N5O2. The molecule has 0 spiro atoms. The van der Waals surface area contributed by atoms with E-state index in [1.54, 1.807) is 12.1 Å². The van der Waals surface area contributed by atoms with Crippen LogP contribution in [0.2, 0.25) is 0 Å². The van der Waals surface area contributed by atoms with Crippen LogP contribution >= 0.6 is 0 Å². The number of amides is 1. The van der Waals surface area contributed by atoms with Crippen LogP contribution < -0.4 is 16.6 Å². The topological polar surface area (TPSA) is 106 Å². The van der Waals surface area contributed by atoms with Gasteiger partial charge in [0.25, 0.3) is 5.91 Å². The van der Waals surface area contributed by atoms with Crippen molar-refractivity contribution < 1.29 is 9.32 Å². The molecule has 3 rings (SSSR count). The number of nitrogen functional groups attached to an aromatic ring is 1. The summed E-state index contributed by atoms with van der Waals surface area (Å²) in [6, 6.07) is 10.5. The highest BCUT2D eigenvalue weighted by molar-refractivity contribution is 6.12. The van der Waals surface area contributed by atoms with Crippen molar-refractivity contribution in [1.29, 1.82) is 0 Å². The van der Waals surface area contributed by atoms with E-state index in [9.17, 15) is 4.79 Å². The number of pyridine rings is 1. The smallest absolute Gasteiger partial charge is 0.257 e. The van der Waals surface area contributed by atoms with Gasteiger partial charge in [0, 0.05) is 11.5 Å². The SMILES string of the molecule is NNc1cc(C(=O)Nc2ccon2)c2ccccc2n1. The Morgan fingerprint density at radius 1 is 1.20 bits per heavy atom. The molecule has 20 heavy (non-hydrogen) atoms. The molecule has 4 N–H and O–H groups in total. The minimum absolute atomic E-state index is 0.311. The highest BCUT2D eigenvalue weighted by atomic mass is 16.5. The van der Waals surface area contributed by atoms with Crippen LogP contribution in [0, 0.1) is 0 Å². The van der Waals surface area contributed by atoms with Crippen LogP contribution in [0.15, 0.2) is 47.2 Å². The Morgan fingerprint density at radius 2 is 2.05 bits per heavy atom. The average Bonchev–Trinajstić information content (AvgIpc) is 2.98. The van der Waals surface area contributed by atoms with Gasteiger partial charge in [0.15, 0.2) is 5.82 Å². The summed E-state index contributed by atoms with van der Waals surface area (Å²) in [4.78, 5) is 16.6. The number of anilines is 2. The molecule has 0 radical (unpaired) electrons. The van der Waals surface area contributed by atoms with Crippen LogP contribution in [-0.4, -0.2) is 16.0 Å². The summed E-state index contributed by atoms with van der Waals surface area (Å²) in [6.07, 6.45) is 1.38. The molecule has 1 aromatic carbocycles. The van der Waals surface area contributed by atoms with Crippen LogP contribution in [0.1, 0.15) is 10.4 Å². The number of hydrazine groups is 1. The average molecular weight is 269 g/mol. The largest absolute Gasteiger partial charge is 0.363 e. The predicted octanol–water partition coefficient (Wildman–Crippen LogP) is 1.76. The van der Waals surface area contributed by atoms with E-state index in [0.29, 0.717) is 22.7 Å². The fraction of sp³-hybridized carbons (Fsp3) is 0. The second-order valence-corrected chi connectivity index (χ2v) is 4.06. The highest BCUT2D eigenvalue weighted by Gasteiger charge is 2.13. The van der Waals surface area contributed by atoms with E-state index >= 15 is 0 Å².